The van der Waals surface area contributed by atoms with Gasteiger partial charge in [0.1, 0.15) is 6.04 Å². The van der Waals surface area contributed by atoms with Crippen LogP contribution in [0.15, 0.2) is 0 Å². The number of hydrogen-bond acceptors (Lipinski definition) is 4. The third-order valence-electron chi connectivity index (χ3n) is 3.92. The lowest BCUT2D eigenvalue weighted by Crippen LogP contribution is -2.51. The minimum atomic E-state index is -1.17. The molecule has 1 aliphatic carbocycles. The summed E-state index contributed by atoms with van der Waals surface area (Å²) in [4.78, 5) is 34.8. The van der Waals surface area contributed by atoms with Crippen LogP contribution in [0.5, 0.6) is 0 Å². The molecule has 0 aromatic heterocycles. The maximum absolute atomic E-state index is 11.9. The topological polar surface area (TPSA) is 105 Å². The second kappa shape index (κ2) is 9.40. The average molecular weight is 314 g/mol. The van der Waals surface area contributed by atoms with Crippen LogP contribution in [0.1, 0.15) is 45.4 Å². The molecule has 2 amide bonds. The van der Waals surface area contributed by atoms with Crippen LogP contribution in [0.3, 0.4) is 0 Å². The summed E-state index contributed by atoms with van der Waals surface area (Å²) >= 11 is 0. The Hall–Kier alpha value is -1.63. The molecular weight excluding hydrogens is 288 g/mol. The minimum Gasteiger partial charge on any atom is -0.480 e. The number of carboxylic acids is 1. The summed E-state index contributed by atoms with van der Waals surface area (Å²) in [5.41, 5.74) is 0. The van der Waals surface area contributed by atoms with Crippen molar-refractivity contribution in [3.63, 3.8) is 0 Å². The molecule has 0 heterocycles. The van der Waals surface area contributed by atoms with Crippen LogP contribution in [0.2, 0.25) is 0 Å². The third kappa shape index (κ3) is 6.43. The summed E-state index contributed by atoms with van der Waals surface area (Å²) < 4.78 is 4.74. The smallest absolute Gasteiger partial charge is 0.328 e. The summed E-state index contributed by atoms with van der Waals surface area (Å²) in [5, 5.41) is 13.9. The molecule has 0 aromatic rings. The lowest BCUT2D eigenvalue weighted by atomic mass is 9.87. The second-order valence-corrected chi connectivity index (χ2v) is 5.85. The Morgan fingerprint density at radius 2 is 1.82 bits per heavy atom. The van der Waals surface area contributed by atoms with Gasteiger partial charge in [-0.1, -0.05) is 19.3 Å². The second-order valence-electron chi connectivity index (χ2n) is 5.85. The van der Waals surface area contributed by atoms with E-state index in [1.54, 1.807) is 6.92 Å². The van der Waals surface area contributed by atoms with Gasteiger partial charge in [0, 0.05) is 13.5 Å². The van der Waals surface area contributed by atoms with E-state index in [4.69, 9.17) is 9.84 Å². The lowest BCUT2D eigenvalue weighted by Gasteiger charge is -2.22. The number of carboxylic acid groups (broad SMARTS) is 1. The maximum atomic E-state index is 11.9. The van der Waals surface area contributed by atoms with Gasteiger partial charge in [-0.15, -0.1) is 0 Å². The first-order chi connectivity index (χ1) is 10.4. The summed E-state index contributed by atoms with van der Waals surface area (Å²) in [7, 11) is 1.36. The fourth-order valence-electron chi connectivity index (χ4n) is 2.66. The molecule has 7 heteroatoms. The Balaban J connectivity index is 2.38. The summed E-state index contributed by atoms with van der Waals surface area (Å²) in [6.45, 7) is 1.42. The number of methoxy groups -OCH3 is 1. The highest BCUT2D eigenvalue weighted by atomic mass is 16.5. The van der Waals surface area contributed by atoms with E-state index in [2.05, 4.69) is 10.6 Å². The summed E-state index contributed by atoms with van der Waals surface area (Å²) in [5.74, 6) is -1.46. The molecular formula is C15H26N2O5. The molecule has 2 atom stereocenters. The van der Waals surface area contributed by atoms with E-state index in [9.17, 15) is 14.4 Å². The van der Waals surface area contributed by atoms with Crippen molar-refractivity contribution in [3.8, 4) is 0 Å². The fourth-order valence-corrected chi connectivity index (χ4v) is 2.66. The molecule has 1 rings (SSSR count). The predicted molar refractivity (Wildman–Crippen MR) is 80.2 cm³/mol. The van der Waals surface area contributed by atoms with Crippen molar-refractivity contribution in [3.05, 3.63) is 0 Å². The van der Waals surface area contributed by atoms with Crippen molar-refractivity contribution in [1.29, 1.82) is 0 Å². The fraction of sp³-hybridized carbons (Fsp3) is 0.800. The van der Waals surface area contributed by atoms with Crippen LogP contribution in [0.25, 0.3) is 0 Å². The maximum Gasteiger partial charge on any atom is 0.328 e. The Labute approximate surface area is 130 Å². The molecule has 1 fully saturated rings. The minimum absolute atomic E-state index is 0.121. The zero-order valence-electron chi connectivity index (χ0n) is 13.3. The lowest BCUT2D eigenvalue weighted by molar-refractivity contribution is -0.143. The molecule has 0 spiro atoms. The Morgan fingerprint density at radius 3 is 2.36 bits per heavy atom. The molecule has 0 saturated heterocycles. The molecule has 1 saturated carbocycles. The quantitative estimate of drug-likeness (QED) is 0.611. The molecule has 3 N–H and O–H groups in total. The molecule has 126 valence electrons. The van der Waals surface area contributed by atoms with Crippen LogP contribution in [-0.2, 0) is 19.1 Å². The molecule has 2 unspecified atom stereocenters. The molecule has 1 aliphatic rings. The van der Waals surface area contributed by atoms with Crippen LogP contribution >= 0.6 is 0 Å². The van der Waals surface area contributed by atoms with E-state index < -0.39 is 24.0 Å². The van der Waals surface area contributed by atoms with Gasteiger partial charge in [-0.3, -0.25) is 9.59 Å². The normalized spacial score (nSPS) is 18.3. The summed E-state index contributed by atoms with van der Waals surface area (Å²) in [6, 6.07) is -1.88. The number of aliphatic carboxylic acids is 1. The number of carbonyl (C=O) groups is 3. The van der Waals surface area contributed by atoms with Gasteiger partial charge >= 0.3 is 5.97 Å². The van der Waals surface area contributed by atoms with Crippen LogP contribution < -0.4 is 10.6 Å². The van der Waals surface area contributed by atoms with Gasteiger partial charge in [0.05, 0.1) is 6.61 Å². The number of ether oxygens (including phenoxy) is 1. The molecule has 0 radical (unpaired) electrons. The molecule has 0 bridgehead atoms. The Morgan fingerprint density at radius 1 is 1.18 bits per heavy atom. The number of rotatable bonds is 8. The zero-order valence-corrected chi connectivity index (χ0v) is 13.3. The number of hydrogen-bond donors (Lipinski definition) is 3. The van der Waals surface area contributed by atoms with Gasteiger partial charge in [-0.25, -0.2) is 4.79 Å². The first-order valence-electron chi connectivity index (χ1n) is 7.75. The molecule has 22 heavy (non-hydrogen) atoms. The number of nitrogens with one attached hydrogen (secondary N) is 2. The van der Waals surface area contributed by atoms with E-state index in [-0.39, 0.29) is 12.5 Å². The van der Waals surface area contributed by atoms with Crippen LogP contribution in [-0.4, -0.2) is 48.7 Å². The van der Waals surface area contributed by atoms with Gasteiger partial charge in [-0.05, 0) is 25.7 Å². The van der Waals surface area contributed by atoms with Crippen LogP contribution in [0, 0.1) is 5.92 Å². The van der Waals surface area contributed by atoms with Gasteiger partial charge in [0.2, 0.25) is 11.8 Å². The third-order valence-corrected chi connectivity index (χ3v) is 3.92. The summed E-state index contributed by atoms with van der Waals surface area (Å²) in [6.07, 6.45) is 6.09. The first kappa shape index (κ1) is 18.4. The largest absolute Gasteiger partial charge is 0.480 e. The predicted octanol–water partition coefficient (Wildman–Crippen LogP) is 0.677. The Kier molecular flexibility index (Phi) is 7.87. The highest BCUT2D eigenvalue weighted by molar-refractivity contribution is 5.90. The van der Waals surface area contributed by atoms with Crippen molar-refractivity contribution in [1.82, 2.24) is 10.6 Å². The van der Waals surface area contributed by atoms with Crippen molar-refractivity contribution in [2.75, 3.05) is 13.7 Å². The van der Waals surface area contributed by atoms with E-state index in [0.29, 0.717) is 12.3 Å². The van der Waals surface area contributed by atoms with Crippen molar-refractivity contribution in [2.45, 2.75) is 57.5 Å². The van der Waals surface area contributed by atoms with Gasteiger partial charge < -0.3 is 20.5 Å². The molecule has 0 aliphatic heterocycles. The van der Waals surface area contributed by atoms with E-state index in [0.717, 1.165) is 25.7 Å². The van der Waals surface area contributed by atoms with Gasteiger partial charge in [-0.2, -0.15) is 0 Å². The molecule has 0 aromatic carbocycles. The van der Waals surface area contributed by atoms with Crippen molar-refractivity contribution >= 4 is 17.8 Å². The van der Waals surface area contributed by atoms with E-state index >= 15 is 0 Å². The van der Waals surface area contributed by atoms with Crippen molar-refractivity contribution < 1.29 is 24.2 Å². The van der Waals surface area contributed by atoms with Gasteiger partial charge in [0.15, 0.2) is 6.04 Å². The first-order valence-corrected chi connectivity index (χ1v) is 7.75. The van der Waals surface area contributed by atoms with E-state index in [1.165, 1.54) is 13.5 Å². The zero-order chi connectivity index (χ0) is 16.5. The molecule has 7 nitrogen and oxygen atoms in total. The van der Waals surface area contributed by atoms with E-state index in [1.807, 2.05) is 0 Å². The average Bonchev–Trinajstić information content (AvgIpc) is 2.47. The number of amides is 2. The van der Waals surface area contributed by atoms with Gasteiger partial charge in [0.25, 0.3) is 0 Å². The Bertz CT molecular complexity index is 393. The standard InChI is InChI=1S/C15H26N2O5/c1-10(14(19)17-12(9-22-2)15(20)21)16-13(18)8-11-6-4-3-5-7-11/h10-12H,3-9H2,1-2H3,(H,16,18)(H,17,19)(H,20,21). The van der Waals surface area contributed by atoms with Crippen LogP contribution in [0.4, 0.5) is 0 Å². The SMILES string of the molecule is COCC(NC(=O)C(C)NC(=O)CC1CCCCC1)C(=O)O. The van der Waals surface area contributed by atoms with Crippen molar-refractivity contribution in [2.24, 2.45) is 5.92 Å². The number of carbonyl (C=O) groups excluding carboxylic acids is 2. The highest BCUT2D eigenvalue weighted by Gasteiger charge is 2.24. The monoisotopic (exact) mass is 314 g/mol. The highest BCUT2D eigenvalue weighted by Crippen LogP contribution is 2.26.